The van der Waals surface area contributed by atoms with E-state index in [0.29, 0.717) is 24.2 Å². The highest BCUT2D eigenvalue weighted by atomic mass is 32.4. The van der Waals surface area contributed by atoms with Crippen molar-refractivity contribution < 1.29 is 0 Å². The van der Waals surface area contributed by atoms with E-state index < -0.39 is 14.1 Å². The van der Waals surface area contributed by atoms with Gasteiger partial charge >= 0.3 is 0 Å². The first kappa shape index (κ1) is 25.7. The largest absolute Gasteiger partial charge is 0.261 e. The molecule has 9 heteroatoms. The van der Waals surface area contributed by atoms with Crippen LogP contribution in [0.1, 0.15) is 55.4 Å². The average Bonchev–Trinajstić information content (AvgIpc) is 3.02. The highest BCUT2D eigenvalue weighted by molar-refractivity contribution is 8.16. The first-order valence-electron chi connectivity index (χ1n) is 11.5. The zero-order valence-corrected chi connectivity index (χ0v) is 23.7. The Morgan fingerprint density at radius 3 is 1.68 bits per heavy atom. The van der Waals surface area contributed by atoms with Gasteiger partial charge in [-0.15, -0.1) is 9.34 Å². The van der Waals surface area contributed by atoms with E-state index in [0.717, 1.165) is 13.0 Å². The van der Waals surface area contributed by atoms with Crippen LogP contribution >= 0.6 is 14.1 Å². The molecule has 2 aliphatic rings. The van der Waals surface area contributed by atoms with Gasteiger partial charge in [0.1, 0.15) is 13.0 Å². The molecular formula is C22H43N6P2S+. The molecule has 2 heterocycles. The van der Waals surface area contributed by atoms with Crippen molar-refractivity contribution in [3.05, 3.63) is 30.3 Å². The Balaban J connectivity index is 2.25. The Morgan fingerprint density at radius 2 is 1.26 bits per heavy atom. The lowest BCUT2D eigenvalue weighted by Crippen LogP contribution is -2.56. The van der Waals surface area contributed by atoms with Crippen molar-refractivity contribution in [2.24, 2.45) is 0 Å². The molecular weight excluding hydrogens is 442 g/mol. The van der Waals surface area contributed by atoms with Gasteiger partial charge in [-0.1, -0.05) is 46.9 Å². The van der Waals surface area contributed by atoms with Crippen LogP contribution in [0, 0.1) is 0 Å². The Labute approximate surface area is 196 Å². The third kappa shape index (κ3) is 3.99. The fraction of sp³-hybridized carbons (Fsp3) is 0.727. The van der Waals surface area contributed by atoms with Gasteiger partial charge < -0.3 is 0 Å². The van der Waals surface area contributed by atoms with E-state index in [9.17, 15) is 0 Å². The Morgan fingerprint density at radius 1 is 0.806 bits per heavy atom. The molecule has 3 atom stereocenters. The number of nitrogens with zero attached hydrogens (tertiary/aromatic N) is 6. The number of rotatable bonds is 7. The fourth-order valence-corrected chi connectivity index (χ4v) is 15.6. The molecule has 1 aromatic carbocycles. The monoisotopic (exact) mass is 485 g/mol. The molecule has 0 amide bonds. The molecule has 2 saturated heterocycles. The van der Waals surface area contributed by atoms with Gasteiger partial charge in [0.25, 0.3) is 7.71 Å². The van der Waals surface area contributed by atoms with E-state index in [2.05, 4.69) is 129 Å². The Kier molecular flexibility index (Phi) is 7.76. The lowest BCUT2D eigenvalue weighted by atomic mass is 10.3. The molecule has 1 aromatic rings. The highest BCUT2D eigenvalue weighted by Gasteiger charge is 2.70. The van der Waals surface area contributed by atoms with Crippen LogP contribution in [0.3, 0.4) is 0 Å². The van der Waals surface area contributed by atoms with E-state index in [4.69, 9.17) is 11.8 Å². The molecule has 31 heavy (non-hydrogen) atoms. The van der Waals surface area contributed by atoms with Crippen LogP contribution in [0.5, 0.6) is 0 Å². The number of hydrogen-bond donors (Lipinski definition) is 0. The molecule has 0 radical (unpaired) electrons. The van der Waals surface area contributed by atoms with Gasteiger partial charge in [-0.2, -0.15) is 14.6 Å². The summed E-state index contributed by atoms with van der Waals surface area (Å²) in [7, 11) is 2.55. The summed E-state index contributed by atoms with van der Waals surface area (Å²) in [5.41, 5.74) is 0. The highest BCUT2D eigenvalue weighted by Crippen LogP contribution is 2.78. The van der Waals surface area contributed by atoms with Crippen molar-refractivity contribution in [2.75, 3.05) is 27.0 Å². The van der Waals surface area contributed by atoms with Crippen LogP contribution < -0.4 is 5.30 Å². The molecule has 2 bridgehead atoms. The Hall–Kier alpha value is 0.0600. The fourth-order valence-electron chi connectivity index (χ4n) is 5.70. The standard InChI is InChI=1S/C22H43N6P2S/c1-18(2)27(19(3)4)29(28(20(5)6)21(7)8)17-25-16-26(29)24(10)30(31,23(25)9)22-14-12-11-13-15-22/h11-15,18-21H,16-17H2,1-10H3/q+1. The smallest absolute Gasteiger partial charge is 0.192 e. The van der Waals surface area contributed by atoms with Gasteiger partial charge in [0.2, 0.25) is 0 Å². The normalized spacial score (nSPS) is 29.4. The lowest BCUT2D eigenvalue weighted by Gasteiger charge is -2.52. The van der Waals surface area contributed by atoms with Gasteiger partial charge in [-0.05, 0) is 55.4 Å². The maximum absolute atomic E-state index is 6.56. The minimum atomic E-state index is -2.15. The predicted octanol–water partition coefficient (Wildman–Crippen LogP) is 4.86. The van der Waals surface area contributed by atoms with Crippen molar-refractivity contribution in [3.8, 4) is 0 Å². The summed E-state index contributed by atoms with van der Waals surface area (Å²) in [5.74, 6) is 0. The third-order valence-corrected chi connectivity index (χ3v) is 16.9. The maximum atomic E-state index is 6.56. The minimum Gasteiger partial charge on any atom is -0.192 e. The summed E-state index contributed by atoms with van der Waals surface area (Å²) in [4.78, 5) is 0. The summed E-state index contributed by atoms with van der Waals surface area (Å²) < 4.78 is 13.2. The minimum absolute atomic E-state index is 0.446. The van der Waals surface area contributed by atoms with Crippen LogP contribution in [0.25, 0.3) is 0 Å². The van der Waals surface area contributed by atoms with Gasteiger partial charge in [-0.25, -0.2) is 0 Å². The predicted molar refractivity (Wildman–Crippen MR) is 140 cm³/mol. The van der Waals surface area contributed by atoms with Crippen molar-refractivity contribution in [1.29, 1.82) is 0 Å². The van der Waals surface area contributed by atoms with Gasteiger partial charge in [0, 0.05) is 43.6 Å². The number of hydrogen-bond acceptors (Lipinski definition) is 5. The second-order valence-corrected chi connectivity index (χ2v) is 17.2. The van der Waals surface area contributed by atoms with Gasteiger partial charge in [0.15, 0.2) is 6.29 Å². The van der Waals surface area contributed by atoms with Crippen molar-refractivity contribution >= 4 is 31.2 Å². The average molecular weight is 486 g/mol. The van der Waals surface area contributed by atoms with E-state index in [-0.39, 0.29) is 0 Å². The van der Waals surface area contributed by atoms with Crippen molar-refractivity contribution in [2.45, 2.75) is 79.6 Å². The number of benzene rings is 1. The van der Waals surface area contributed by atoms with Crippen LogP contribution in [-0.4, -0.2) is 79.9 Å². The van der Waals surface area contributed by atoms with Gasteiger partial charge in [0.05, 0.1) is 0 Å². The first-order valence-corrected chi connectivity index (χ1v) is 16.1. The lowest BCUT2D eigenvalue weighted by molar-refractivity contribution is 0.00998. The van der Waals surface area contributed by atoms with Crippen molar-refractivity contribution in [1.82, 2.24) is 28.7 Å². The second kappa shape index (κ2) is 9.37. The van der Waals surface area contributed by atoms with E-state index in [1.54, 1.807) is 0 Å². The Bertz CT molecular complexity index is 766. The summed E-state index contributed by atoms with van der Waals surface area (Å²) in [5, 5.41) is 3.79. The molecule has 0 spiro atoms. The van der Waals surface area contributed by atoms with Gasteiger partial charge in [-0.3, -0.25) is 0 Å². The number of fused-ring (bicyclic) bond motifs is 2. The number of hydrazine groups is 2. The van der Waals surface area contributed by atoms with Crippen LogP contribution in [0.15, 0.2) is 30.3 Å². The van der Waals surface area contributed by atoms with E-state index >= 15 is 0 Å². The van der Waals surface area contributed by atoms with E-state index in [1.807, 2.05) is 0 Å². The topological polar surface area (TPSA) is 19.4 Å². The molecule has 0 aliphatic carbocycles. The van der Waals surface area contributed by atoms with Crippen LogP contribution in [-0.2, 0) is 11.8 Å². The maximum Gasteiger partial charge on any atom is 0.261 e. The summed E-state index contributed by atoms with van der Waals surface area (Å²) in [6.45, 7) is 19.8. The van der Waals surface area contributed by atoms with Crippen LogP contribution in [0.2, 0.25) is 0 Å². The quantitative estimate of drug-likeness (QED) is 0.507. The first-order chi connectivity index (χ1) is 14.4. The molecule has 0 N–H and O–H groups in total. The molecule has 176 valence electrons. The molecule has 0 saturated carbocycles. The summed E-state index contributed by atoms with van der Waals surface area (Å²) in [6, 6.07) is 12.5. The summed E-state index contributed by atoms with van der Waals surface area (Å²) >= 11 is 6.56. The second-order valence-electron chi connectivity index (χ2n) is 9.85. The van der Waals surface area contributed by atoms with Crippen LogP contribution in [0.4, 0.5) is 0 Å². The molecule has 3 rings (SSSR count). The molecule has 6 nitrogen and oxygen atoms in total. The molecule has 0 aromatic heterocycles. The molecule has 3 unspecified atom stereocenters. The molecule has 2 fully saturated rings. The summed E-state index contributed by atoms with van der Waals surface area (Å²) in [6.07, 6.45) is -1.13. The zero-order chi connectivity index (χ0) is 23.3. The van der Waals surface area contributed by atoms with Crippen molar-refractivity contribution in [3.63, 3.8) is 0 Å². The SMILES string of the molecule is CC(C)N(C(C)C)[P+]1(N(C(C)C)C(C)C)CN2CN1N(C)P(=S)(c1ccccc1)N2C. The van der Waals surface area contributed by atoms with E-state index in [1.165, 1.54) is 5.30 Å². The molecule has 2 aliphatic heterocycles. The zero-order valence-electron chi connectivity index (χ0n) is 21.1. The third-order valence-electron chi connectivity index (χ3n) is 6.49.